The minimum absolute atomic E-state index is 0.120. The van der Waals surface area contributed by atoms with Gasteiger partial charge in [0.25, 0.3) is 0 Å². The molecule has 1 amide bonds. The Morgan fingerprint density at radius 1 is 1.53 bits per heavy atom. The predicted octanol–water partition coefficient (Wildman–Crippen LogP) is 1.45. The average Bonchev–Trinajstić information content (AvgIpc) is 2.67. The highest BCUT2D eigenvalue weighted by Crippen LogP contribution is 2.09. The third-order valence-electron chi connectivity index (χ3n) is 2.38. The lowest BCUT2D eigenvalue weighted by molar-refractivity contribution is -0.121. The van der Waals surface area contributed by atoms with E-state index in [9.17, 15) is 4.79 Å². The fourth-order valence-electron chi connectivity index (χ4n) is 1.48. The molecule has 0 aromatic carbocycles. The van der Waals surface area contributed by atoms with E-state index in [2.05, 4.69) is 15.2 Å². The second-order valence-corrected chi connectivity index (χ2v) is 5.43. The zero-order chi connectivity index (χ0) is 12.7. The minimum Gasteiger partial charge on any atom is -0.356 e. The van der Waals surface area contributed by atoms with E-state index in [4.69, 9.17) is 0 Å². The fourth-order valence-corrected chi connectivity index (χ4v) is 2.12. The molecule has 5 heteroatoms. The van der Waals surface area contributed by atoms with Crippen LogP contribution in [0, 0.1) is 6.92 Å². The van der Waals surface area contributed by atoms with E-state index in [-0.39, 0.29) is 5.91 Å². The van der Waals surface area contributed by atoms with Crippen LogP contribution in [0.5, 0.6) is 0 Å². The molecule has 1 aromatic rings. The molecule has 1 heterocycles. The molecule has 4 nitrogen and oxygen atoms in total. The number of aryl methyl sites for hydroxylation is 2. The molecule has 17 heavy (non-hydrogen) atoms. The van der Waals surface area contributed by atoms with Crippen LogP contribution in [0.2, 0.25) is 0 Å². The maximum Gasteiger partial charge on any atom is 0.220 e. The molecule has 0 aliphatic rings. The monoisotopic (exact) mass is 255 g/mol. The van der Waals surface area contributed by atoms with Gasteiger partial charge in [0.2, 0.25) is 5.91 Å². The molecule has 0 saturated carbocycles. The van der Waals surface area contributed by atoms with Gasteiger partial charge in [0, 0.05) is 18.3 Å². The number of nitrogens with zero attached hydrogens (tertiary/aromatic N) is 2. The summed E-state index contributed by atoms with van der Waals surface area (Å²) in [7, 11) is 4.07. The number of hydrogen-bond acceptors (Lipinski definition) is 4. The number of hydrogen-bond donors (Lipinski definition) is 1. The van der Waals surface area contributed by atoms with E-state index in [1.807, 2.05) is 26.4 Å². The molecule has 0 radical (unpaired) electrons. The Morgan fingerprint density at radius 2 is 2.29 bits per heavy atom. The van der Waals surface area contributed by atoms with E-state index in [0.29, 0.717) is 6.42 Å². The van der Waals surface area contributed by atoms with Gasteiger partial charge in [-0.1, -0.05) is 0 Å². The number of carbonyl (C=O) groups is 1. The minimum atomic E-state index is 0.120. The average molecular weight is 255 g/mol. The van der Waals surface area contributed by atoms with Crippen LogP contribution in [-0.4, -0.2) is 43.0 Å². The number of nitrogens with one attached hydrogen (secondary N) is 1. The Morgan fingerprint density at radius 3 is 2.88 bits per heavy atom. The highest BCUT2D eigenvalue weighted by molar-refractivity contribution is 7.09. The third kappa shape index (κ3) is 6.38. The number of amides is 1. The van der Waals surface area contributed by atoms with Gasteiger partial charge in [-0.25, -0.2) is 4.98 Å². The van der Waals surface area contributed by atoms with Gasteiger partial charge in [0.05, 0.1) is 10.7 Å². The third-order valence-corrected chi connectivity index (χ3v) is 3.20. The van der Waals surface area contributed by atoms with Gasteiger partial charge in [-0.05, 0) is 40.4 Å². The van der Waals surface area contributed by atoms with E-state index in [1.54, 1.807) is 11.3 Å². The first-order valence-electron chi connectivity index (χ1n) is 5.90. The van der Waals surface area contributed by atoms with Crippen LogP contribution < -0.4 is 5.32 Å². The van der Waals surface area contributed by atoms with Crippen LogP contribution in [0.15, 0.2) is 5.38 Å². The number of thiazole rings is 1. The summed E-state index contributed by atoms with van der Waals surface area (Å²) in [5, 5.41) is 6.01. The molecule has 0 atom stereocenters. The van der Waals surface area contributed by atoms with Gasteiger partial charge < -0.3 is 10.2 Å². The lowest BCUT2D eigenvalue weighted by atomic mass is 10.2. The highest BCUT2D eigenvalue weighted by atomic mass is 32.1. The summed E-state index contributed by atoms with van der Waals surface area (Å²) in [6.45, 7) is 3.74. The van der Waals surface area contributed by atoms with Gasteiger partial charge in [0.15, 0.2) is 0 Å². The van der Waals surface area contributed by atoms with Gasteiger partial charge in [0.1, 0.15) is 0 Å². The first-order valence-corrected chi connectivity index (χ1v) is 6.78. The van der Waals surface area contributed by atoms with Crippen molar-refractivity contribution in [3.8, 4) is 0 Å². The molecule has 96 valence electrons. The zero-order valence-electron chi connectivity index (χ0n) is 10.8. The molecule has 0 saturated heterocycles. The van der Waals surface area contributed by atoms with E-state index < -0.39 is 0 Å². The van der Waals surface area contributed by atoms with E-state index in [0.717, 1.165) is 36.6 Å². The van der Waals surface area contributed by atoms with Crippen LogP contribution in [0.3, 0.4) is 0 Å². The molecular formula is C12H21N3OS. The second kappa shape index (κ2) is 7.40. The van der Waals surface area contributed by atoms with Crippen molar-refractivity contribution in [3.05, 3.63) is 16.1 Å². The number of aromatic nitrogens is 1. The Labute approximate surface area is 107 Å². The maximum atomic E-state index is 11.5. The molecule has 0 aliphatic carbocycles. The summed E-state index contributed by atoms with van der Waals surface area (Å²) in [6.07, 6.45) is 2.27. The predicted molar refractivity (Wildman–Crippen MR) is 71.4 cm³/mol. The maximum absolute atomic E-state index is 11.5. The molecule has 0 bridgehead atoms. The van der Waals surface area contributed by atoms with Crippen LogP contribution >= 0.6 is 11.3 Å². The summed E-state index contributed by atoms with van der Waals surface area (Å²) < 4.78 is 0. The van der Waals surface area contributed by atoms with Crippen LogP contribution in [0.1, 0.15) is 23.5 Å². The van der Waals surface area contributed by atoms with Crippen molar-refractivity contribution in [1.82, 2.24) is 15.2 Å². The summed E-state index contributed by atoms with van der Waals surface area (Å²) >= 11 is 1.63. The van der Waals surface area contributed by atoms with Crippen LogP contribution in [0.25, 0.3) is 0 Å². The standard InChI is InChI=1S/C12H21N3OS/c1-10-14-11(9-17-10)5-6-12(16)13-7-4-8-15(2)3/h9H,4-8H2,1-3H3,(H,13,16). The lowest BCUT2D eigenvalue weighted by Gasteiger charge is -2.09. The Bertz CT molecular complexity index is 349. The van der Waals surface area contributed by atoms with Crippen molar-refractivity contribution in [2.75, 3.05) is 27.2 Å². The number of rotatable bonds is 7. The van der Waals surface area contributed by atoms with Gasteiger partial charge in [-0.15, -0.1) is 11.3 Å². The summed E-state index contributed by atoms with van der Waals surface area (Å²) in [5.74, 6) is 0.120. The zero-order valence-corrected chi connectivity index (χ0v) is 11.6. The van der Waals surface area contributed by atoms with E-state index in [1.165, 1.54) is 0 Å². The molecule has 0 unspecified atom stereocenters. The SMILES string of the molecule is Cc1nc(CCC(=O)NCCCN(C)C)cs1. The number of carbonyl (C=O) groups excluding carboxylic acids is 1. The molecule has 0 aliphatic heterocycles. The second-order valence-electron chi connectivity index (χ2n) is 4.36. The van der Waals surface area contributed by atoms with E-state index >= 15 is 0 Å². The summed E-state index contributed by atoms with van der Waals surface area (Å²) in [5.41, 5.74) is 1.02. The van der Waals surface area contributed by atoms with Crippen molar-refractivity contribution >= 4 is 17.2 Å². The van der Waals surface area contributed by atoms with Gasteiger partial charge in [-0.2, -0.15) is 0 Å². The van der Waals surface area contributed by atoms with Crippen molar-refractivity contribution in [2.24, 2.45) is 0 Å². The quantitative estimate of drug-likeness (QED) is 0.750. The van der Waals surface area contributed by atoms with Crippen molar-refractivity contribution < 1.29 is 4.79 Å². The van der Waals surface area contributed by atoms with Crippen LogP contribution in [-0.2, 0) is 11.2 Å². The lowest BCUT2D eigenvalue weighted by Crippen LogP contribution is -2.27. The molecule has 1 N–H and O–H groups in total. The smallest absolute Gasteiger partial charge is 0.220 e. The normalized spacial score (nSPS) is 10.8. The largest absolute Gasteiger partial charge is 0.356 e. The fraction of sp³-hybridized carbons (Fsp3) is 0.667. The van der Waals surface area contributed by atoms with Gasteiger partial charge >= 0.3 is 0 Å². The molecule has 0 fully saturated rings. The first kappa shape index (κ1) is 14.1. The molecule has 0 spiro atoms. The Hall–Kier alpha value is -0.940. The molecule has 1 rings (SSSR count). The van der Waals surface area contributed by atoms with Gasteiger partial charge in [-0.3, -0.25) is 4.79 Å². The van der Waals surface area contributed by atoms with Crippen molar-refractivity contribution in [3.63, 3.8) is 0 Å². The molecular weight excluding hydrogens is 234 g/mol. The topological polar surface area (TPSA) is 45.2 Å². The van der Waals surface area contributed by atoms with Crippen LogP contribution in [0.4, 0.5) is 0 Å². The van der Waals surface area contributed by atoms with Crippen molar-refractivity contribution in [2.45, 2.75) is 26.2 Å². The Balaban J connectivity index is 2.09. The Kier molecular flexibility index (Phi) is 6.15. The molecule has 1 aromatic heterocycles. The first-order chi connectivity index (χ1) is 8.08. The summed E-state index contributed by atoms with van der Waals surface area (Å²) in [6, 6.07) is 0. The highest BCUT2D eigenvalue weighted by Gasteiger charge is 2.04. The van der Waals surface area contributed by atoms with Crippen molar-refractivity contribution in [1.29, 1.82) is 0 Å². The summed E-state index contributed by atoms with van der Waals surface area (Å²) in [4.78, 5) is 18.0.